The number of hydrogen-bond donors (Lipinski definition) is 0. The molecule has 0 spiro atoms. The third kappa shape index (κ3) is 2.39. The summed E-state index contributed by atoms with van der Waals surface area (Å²) in [6, 6.07) is 9.13. The van der Waals surface area contributed by atoms with E-state index in [4.69, 9.17) is 11.6 Å². The third-order valence-corrected chi connectivity index (χ3v) is 4.42. The summed E-state index contributed by atoms with van der Waals surface area (Å²) in [5.41, 5.74) is 1.77. The molecule has 104 valence electrons. The minimum atomic E-state index is -0.387. The molecule has 21 heavy (non-hydrogen) atoms. The Bertz CT molecular complexity index is 921. The Balaban J connectivity index is 2.25. The topological polar surface area (TPSA) is 51.4 Å². The van der Waals surface area contributed by atoms with Gasteiger partial charge in [-0.3, -0.25) is 14.0 Å². The Morgan fingerprint density at radius 3 is 2.86 bits per heavy atom. The number of pyridine rings is 1. The van der Waals surface area contributed by atoms with Crippen molar-refractivity contribution in [1.29, 1.82) is 0 Å². The predicted octanol–water partition coefficient (Wildman–Crippen LogP) is 3.59. The number of halogens is 2. The lowest BCUT2D eigenvalue weighted by atomic mass is 10.1. The van der Waals surface area contributed by atoms with E-state index >= 15 is 0 Å². The van der Waals surface area contributed by atoms with E-state index in [1.165, 1.54) is 10.6 Å². The molecule has 3 rings (SSSR count). The first-order chi connectivity index (χ1) is 10.1. The number of fused-ring (bicyclic) bond motifs is 1. The molecule has 0 amide bonds. The van der Waals surface area contributed by atoms with Crippen molar-refractivity contribution >= 4 is 39.5 Å². The lowest BCUT2D eigenvalue weighted by Gasteiger charge is -2.08. The van der Waals surface area contributed by atoms with Gasteiger partial charge in [-0.1, -0.05) is 23.7 Å². The van der Waals surface area contributed by atoms with Gasteiger partial charge in [-0.15, -0.1) is 0 Å². The molecule has 0 unspecified atom stereocenters. The van der Waals surface area contributed by atoms with E-state index in [9.17, 15) is 9.59 Å². The molecule has 0 aliphatic rings. The highest BCUT2D eigenvalue weighted by molar-refractivity contribution is 9.10. The van der Waals surface area contributed by atoms with Gasteiger partial charge >= 0.3 is 0 Å². The van der Waals surface area contributed by atoms with Crippen LogP contribution in [0.3, 0.4) is 0 Å². The van der Waals surface area contributed by atoms with Crippen molar-refractivity contribution in [3.8, 4) is 11.1 Å². The van der Waals surface area contributed by atoms with Gasteiger partial charge in [0.1, 0.15) is 5.65 Å². The summed E-state index contributed by atoms with van der Waals surface area (Å²) in [7, 11) is 0. The predicted molar refractivity (Wildman–Crippen MR) is 85.0 cm³/mol. The summed E-state index contributed by atoms with van der Waals surface area (Å²) >= 11 is 9.66. The van der Waals surface area contributed by atoms with Crippen molar-refractivity contribution in [2.45, 2.75) is 0 Å². The quantitative estimate of drug-likeness (QED) is 0.654. The van der Waals surface area contributed by atoms with Gasteiger partial charge in [0.05, 0.1) is 10.6 Å². The molecule has 3 aromatic rings. The molecule has 2 heterocycles. The van der Waals surface area contributed by atoms with E-state index in [0.29, 0.717) is 17.0 Å². The van der Waals surface area contributed by atoms with Gasteiger partial charge in [0, 0.05) is 22.4 Å². The summed E-state index contributed by atoms with van der Waals surface area (Å²) in [4.78, 5) is 26.9. The Morgan fingerprint density at radius 1 is 1.29 bits per heavy atom. The fourth-order valence-electron chi connectivity index (χ4n) is 2.06. The molecule has 0 aliphatic carbocycles. The van der Waals surface area contributed by atoms with Crippen LogP contribution in [0.2, 0.25) is 5.02 Å². The molecule has 0 aliphatic heterocycles. The minimum absolute atomic E-state index is 0.0285. The molecular formula is C15H8BrClN2O2. The van der Waals surface area contributed by atoms with Gasteiger partial charge in [-0.05, 0) is 39.7 Å². The molecule has 6 heteroatoms. The number of aldehydes is 1. The van der Waals surface area contributed by atoms with Gasteiger partial charge in [-0.2, -0.15) is 0 Å². The zero-order valence-corrected chi connectivity index (χ0v) is 12.9. The van der Waals surface area contributed by atoms with E-state index in [1.807, 2.05) is 18.2 Å². The fourth-order valence-corrected chi connectivity index (χ4v) is 2.67. The first kappa shape index (κ1) is 14.0. The number of carbonyl (C=O) groups is 1. The number of rotatable bonds is 2. The molecular weight excluding hydrogens is 356 g/mol. The van der Waals surface area contributed by atoms with Crippen molar-refractivity contribution in [3.05, 3.63) is 68.1 Å². The van der Waals surface area contributed by atoms with Crippen molar-refractivity contribution in [1.82, 2.24) is 9.38 Å². The van der Waals surface area contributed by atoms with Crippen LogP contribution in [0.1, 0.15) is 10.4 Å². The monoisotopic (exact) mass is 362 g/mol. The average molecular weight is 364 g/mol. The van der Waals surface area contributed by atoms with Gasteiger partial charge in [0.2, 0.25) is 0 Å². The minimum Gasteiger partial charge on any atom is -0.298 e. The maximum absolute atomic E-state index is 12.0. The average Bonchev–Trinajstić information content (AvgIpc) is 2.50. The van der Waals surface area contributed by atoms with E-state index in [-0.39, 0.29) is 11.1 Å². The second-order valence-corrected chi connectivity index (χ2v) is 5.61. The van der Waals surface area contributed by atoms with E-state index in [2.05, 4.69) is 20.9 Å². The number of benzene rings is 1. The number of aromatic nitrogens is 2. The molecule has 4 nitrogen and oxygen atoms in total. The molecule has 0 saturated carbocycles. The maximum Gasteiger partial charge on any atom is 0.268 e. The summed E-state index contributed by atoms with van der Waals surface area (Å²) < 4.78 is 2.13. The summed E-state index contributed by atoms with van der Waals surface area (Å²) in [5.74, 6) is 0. The molecule has 2 aromatic heterocycles. The van der Waals surface area contributed by atoms with Crippen LogP contribution >= 0.6 is 27.5 Å². The van der Waals surface area contributed by atoms with Crippen LogP contribution in [0, 0.1) is 0 Å². The lowest BCUT2D eigenvalue weighted by molar-refractivity contribution is 0.112. The molecule has 1 aromatic carbocycles. The smallest absolute Gasteiger partial charge is 0.268 e. The third-order valence-electron chi connectivity index (χ3n) is 3.13. The van der Waals surface area contributed by atoms with Crippen molar-refractivity contribution in [3.63, 3.8) is 0 Å². The molecule has 0 fully saturated rings. The first-order valence-electron chi connectivity index (χ1n) is 6.03. The molecule has 0 atom stereocenters. The summed E-state index contributed by atoms with van der Waals surface area (Å²) in [6.07, 6.45) is 3.36. The van der Waals surface area contributed by atoms with Crippen LogP contribution in [0.15, 0.2) is 52.0 Å². The van der Waals surface area contributed by atoms with Crippen LogP contribution in [0.5, 0.6) is 0 Å². The largest absolute Gasteiger partial charge is 0.298 e. The van der Waals surface area contributed by atoms with Gasteiger partial charge < -0.3 is 0 Å². The fraction of sp³-hybridized carbons (Fsp3) is 0. The van der Waals surface area contributed by atoms with Crippen LogP contribution in [-0.4, -0.2) is 15.7 Å². The van der Waals surface area contributed by atoms with Crippen LogP contribution in [-0.2, 0) is 0 Å². The van der Waals surface area contributed by atoms with Crippen molar-refractivity contribution < 1.29 is 4.79 Å². The van der Waals surface area contributed by atoms with Gasteiger partial charge in [-0.25, -0.2) is 4.98 Å². The van der Waals surface area contributed by atoms with E-state index in [1.54, 1.807) is 18.3 Å². The molecule has 0 saturated heterocycles. The van der Waals surface area contributed by atoms with Crippen molar-refractivity contribution in [2.24, 2.45) is 0 Å². The van der Waals surface area contributed by atoms with Gasteiger partial charge in [0.15, 0.2) is 6.29 Å². The highest BCUT2D eigenvalue weighted by Crippen LogP contribution is 2.33. The maximum atomic E-state index is 12.0. The second kappa shape index (κ2) is 5.42. The SMILES string of the molecule is O=Cc1cnc2cc(-c3cccc(Br)c3Cl)ccn2c1=O. The normalized spacial score (nSPS) is 10.8. The Hall–Kier alpha value is -1.98. The highest BCUT2D eigenvalue weighted by Gasteiger charge is 2.09. The molecule has 0 bridgehead atoms. The summed E-state index contributed by atoms with van der Waals surface area (Å²) in [5, 5.41) is 0.591. The second-order valence-electron chi connectivity index (χ2n) is 4.38. The number of hydrogen-bond acceptors (Lipinski definition) is 3. The molecule has 0 radical (unpaired) electrons. The van der Waals surface area contributed by atoms with E-state index in [0.717, 1.165) is 15.6 Å². The summed E-state index contributed by atoms with van der Waals surface area (Å²) in [6.45, 7) is 0. The standard InChI is InChI=1S/C15H8BrClN2O2/c16-12-3-1-2-11(14(12)17)9-4-5-19-13(6-9)18-7-10(8-20)15(19)21/h1-8H. The van der Waals surface area contributed by atoms with E-state index < -0.39 is 0 Å². The van der Waals surface area contributed by atoms with Crippen LogP contribution in [0.4, 0.5) is 0 Å². The number of nitrogens with zero attached hydrogens (tertiary/aromatic N) is 2. The Kier molecular flexibility index (Phi) is 3.61. The lowest BCUT2D eigenvalue weighted by Crippen LogP contribution is -2.18. The number of carbonyl (C=O) groups excluding carboxylic acids is 1. The van der Waals surface area contributed by atoms with Crippen molar-refractivity contribution in [2.75, 3.05) is 0 Å². The molecule has 0 N–H and O–H groups in total. The van der Waals surface area contributed by atoms with Crippen LogP contribution < -0.4 is 5.56 Å². The Labute approximate surface area is 133 Å². The Morgan fingerprint density at radius 2 is 2.10 bits per heavy atom. The highest BCUT2D eigenvalue weighted by atomic mass is 79.9. The zero-order chi connectivity index (χ0) is 15.0. The zero-order valence-electron chi connectivity index (χ0n) is 10.6. The van der Waals surface area contributed by atoms with Crippen LogP contribution in [0.25, 0.3) is 16.8 Å². The first-order valence-corrected chi connectivity index (χ1v) is 7.20. The van der Waals surface area contributed by atoms with Gasteiger partial charge in [0.25, 0.3) is 5.56 Å².